The maximum Gasteiger partial charge on any atom is 0.126 e. The predicted octanol–water partition coefficient (Wildman–Crippen LogP) is 3.99. The molecule has 0 saturated carbocycles. The molecule has 0 saturated heterocycles. The van der Waals surface area contributed by atoms with Gasteiger partial charge < -0.3 is 5.73 Å². The Morgan fingerprint density at radius 1 is 1.21 bits per heavy atom. The first kappa shape index (κ1) is 16.6. The van der Waals surface area contributed by atoms with Crippen molar-refractivity contribution in [1.29, 1.82) is 0 Å². The van der Waals surface area contributed by atoms with Gasteiger partial charge >= 0.3 is 0 Å². The second-order valence-corrected chi connectivity index (χ2v) is 6.17. The second kappa shape index (κ2) is 7.07. The Morgan fingerprint density at radius 2 is 2.00 bits per heavy atom. The van der Waals surface area contributed by atoms with E-state index < -0.39 is 0 Å². The standard InChI is InChI=1S/C19H19ClFN3/c1-13-8-15(6-7-18(13)21)19-9-14(10-22)11-24(23-19)12-16-4-2-3-5-17(16)20/h2-9,11,23H,10,12,22H2,1H3. The zero-order valence-corrected chi connectivity index (χ0v) is 14.1. The van der Waals surface area contributed by atoms with Crippen molar-refractivity contribution in [1.82, 2.24) is 10.4 Å². The average molecular weight is 344 g/mol. The Labute approximate surface area is 146 Å². The van der Waals surface area contributed by atoms with Crippen LogP contribution >= 0.6 is 11.6 Å². The second-order valence-electron chi connectivity index (χ2n) is 5.76. The number of nitrogens with one attached hydrogen (secondary N) is 1. The van der Waals surface area contributed by atoms with Crippen molar-refractivity contribution >= 4 is 17.3 Å². The van der Waals surface area contributed by atoms with Crippen molar-refractivity contribution in [2.24, 2.45) is 5.73 Å². The van der Waals surface area contributed by atoms with Crippen LogP contribution in [0.1, 0.15) is 16.7 Å². The van der Waals surface area contributed by atoms with Gasteiger partial charge in [-0.2, -0.15) is 0 Å². The number of hydrogen-bond acceptors (Lipinski definition) is 3. The summed E-state index contributed by atoms with van der Waals surface area (Å²) in [5.74, 6) is -0.210. The molecule has 0 amide bonds. The van der Waals surface area contributed by atoms with Crippen LogP contribution in [0.4, 0.5) is 4.39 Å². The number of rotatable bonds is 4. The Hall–Kier alpha value is -2.30. The molecule has 3 N–H and O–H groups in total. The Morgan fingerprint density at radius 3 is 2.71 bits per heavy atom. The first-order valence-corrected chi connectivity index (χ1v) is 8.10. The topological polar surface area (TPSA) is 41.3 Å². The maximum absolute atomic E-state index is 13.5. The quantitative estimate of drug-likeness (QED) is 0.882. The minimum Gasteiger partial charge on any atom is -0.326 e. The van der Waals surface area contributed by atoms with Crippen molar-refractivity contribution in [3.63, 3.8) is 0 Å². The molecule has 3 nitrogen and oxygen atoms in total. The van der Waals surface area contributed by atoms with Crippen LogP contribution < -0.4 is 11.2 Å². The first-order chi connectivity index (χ1) is 11.6. The molecule has 24 heavy (non-hydrogen) atoms. The lowest BCUT2D eigenvalue weighted by Gasteiger charge is -2.29. The van der Waals surface area contributed by atoms with Crippen LogP contribution in [0.25, 0.3) is 5.70 Å². The van der Waals surface area contributed by atoms with Gasteiger partial charge in [-0.25, -0.2) is 4.39 Å². The van der Waals surface area contributed by atoms with Gasteiger partial charge in [0.15, 0.2) is 0 Å². The molecule has 3 rings (SSSR count). The summed E-state index contributed by atoms with van der Waals surface area (Å²) in [5, 5.41) is 2.66. The average Bonchev–Trinajstić information content (AvgIpc) is 2.59. The summed E-state index contributed by atoms with van der Waals surface area (Å²) in [6.45, 7) is 2.77. The van der Waals surface area contributed by atoms with Crippen LogP contribution in [-0.2, 0) is 6.54 Å². The van der Waals surface area contributed by atoms with E-state index in [1.54, 1.807) is 13.0 Å². The smallest absolute Gasteiger partial charge is 0.126 e. The highest BCUT2D eigenvalue weighted by atomic mass is 35.5. The van der Waals surface area contributed by atoms with Gasteiger partial charge in [-0.3, -0.25) is 10.4 Å². The summed E-state index contributed by atoms with van der Waals surface area (Å²) in [6, 6.07) is 12.8. The van der Waals surface area contributed by atoms with Crippen LogP contribution in [0.5, 0.6) is 0 Å². The Balaban J connectivity index is 1.87. The molecule has 0 bridgehead atoms. The van der Waals surface area contributed by atoms with Crippen LogP contribution in [0, 0.1) is 12.7 Å². The summed E-state index contributed by atoms with van der Waals surface area (Å²) < 4.78 is 13.5. The van der Waals surface area contributed by atoms with Crippen molar-refractivity contribution < 1.29 is 4.39 Å². The molecule has 0 radical (unpaired) electrons. The summed E-state index contributed by atoms with van der Waals surface area (Å²) in [4.78, 5) is 0. The normalized spacial score (nSPS) is 14.1. The lowest BCUT2D eigenvalue weighted by atomic mass is 10.1. The Bertz CT molecular complexity index is 814. The number of nitrogens with two attached hydrogens (primary N) is 1. The number of nitrogens with zero attached hydrogens (tertiary/aromatic N) is 1. The van der Waals surface area contributed by atoms with Gasteiger partial charge in [0.25, 0.3) is 0 Å². The molecule has 2 aromatic carbocycles. The lowest BCUT2D eigenvalue weighted by Crippen LogP contribution is -2.35. The van der Waals surface area contributed by atoms with Gasteiger partial charge in [0, 0.05) is 17.8 Å². The first-order valence-electron chi connectivity index (χ1n) is 7.72. The summed E-state index contributed by atoms with van der Waals surface area (Å²) in [7, 11) is 0. The molecule has 5 heteroatoms. The monoisotopic (exact) mass is 343 g/mol. The highest BCUT2D eigenvalue weighted by molar-refractivity contribution is 6.31. The Kier molecular flexibility index (Phi) is 4.88. The van der Waals surface area contributed by atoms with Crippen molar-refractivity contribution in [3.8, 4) is 0 Å². The van der Waals surface area contributed by atoms with Gasteiger partial charge in [0.2, 0.25) is 0 Å². The van der Waals surface area contributed by atoms with E-state index >= 15 is 0 Å². The molecule has 2 aromatic rings. The fraction of sp³-hybridized carbons (Fsp3) is 0.158. The lowest BCUT2D eigenvalue weighted by molar-refractivity contribution is 0.310. The molecule has 0 atom stereocenters. The van der Waals surface area contributed by atoms with Crippen LogP contribution in [0.3, 0.4) is 0 Å². The number of benzene rings is 2. The molecule has 1 heterocycles. The van der Waals surface area contributed by atoms with Crippen molar-refractivity contribution in [2.75, 3.05) is 6.54 Å². The zero-order chi connectivity index (χ0) is 17.1. The van der Waals surface area contributed by atoms with Gasteiger partial charge in [0.1, 0.15) is 5.82 Å². The highest BCUT2D eigenvalue weighted by Gasteiger charge is 2.14. The maximum atomic E-state index is 13.5. The van der Waals surface area contributed by atoms with Crippen molar-refractivity contribution in [2.45, 2.75) is 13.5 Å². The van der Waals surface area contributed by atoms with Crippen LogP contribution in [0.15, 0.2) is 60.3 Å². The molecule has 1 aliphatic heterocycles. The van der Waals surface area contributed by atoms with E-state index in [4.69, 9.17) is 17.3 Å². The third-order valence-electron chi connectivity index (χ3n) is 3.92. The number of aryl methyl sites for hydroxylation is 1. The van der Waals surface area contributed by atoms with Gasteiger partial charge in [-0.05, 0) is 59.5 Å². The van der Waals surface area contributed by atoms with Crippen LogP contribution in [-0.4, -0.2) is 11.6 Å². The fourth-order valence-electron chi connectivity index (χ4n) is 2.61. The summed E-state index contributed by atoms with van der Waals surface area (Å²) in [5.41, 5.74) is 13.6. The third kappa shape index (κ3) is 3.61. The van der Waals surface area contributed by atoms with Gasteiger partial charge in [-0.1, -0.05) is 29.8 Å². The molecule has 1 aliphatic rings. The fourth-order valence-corrected chi connectivity index (χ4v) is 2.80. The molecular formula is C19H19ClFN3. The SMILES string of the molecule is Cc1cc(C2=CC(CN)=CN(Cc3ccccc3Cl)N2)ccc1F. The van der Waals surface area contributed by atoms with E-state index in [1.807, 2.05) is 47.6 Å². The van der Waals surface area contributed by atoms with E-state index in [1.165, 1.54) is 6.07 Å². The minimum atomic E-state index is -0.210. The number of halogens is 2. The number of hydrazine groups is 1. The van der Waals surface area contributed by atoms with Gasteiger partial charge in [0.05, 0.1) is 12.2 Å². The van der Waals surface area contributed by atoms with Crippen LogP contribution in [0.2, 0.25) is 5.02 Å². The molecule has 0 unspecified atom stereocenters. The summed E-state index contributed by atoms with van der Waals surface area (Å²) in [6.07, 6.45) is 3.94. The van der Waals surface area contributed by atoms with E-state index in [-0.39, 0.29) is 5.82 Å². The highest BCUT2D eigenvalue weighted by Crippen LogP contribution is 2.23. The third-order valence-corrected chi connectivity index (χ3v) is 4.29. The molecular weight excluding hydrogens is 325 g/mol. The summed E-state index contributed by atoms with van der Waals surface area (Å²) >= 11 is 6.25. The molecule has 0 fully saturated rings. The molecule has 0 spiro atoms. The zero-order valence-electron chi connectivity index (χ0n) is 13.4. The van der Waals surface area contributed by atoms with E-state index in [9.17, 15) is 4.39 Å². The molecule has 124 valence electrons. The van der Waals surface area contributed by atoms with E-state index in [2.05, 4.69) is 5.43 Å². The number of hydrogen-bond donors (Lipinski definition) is 2. The molecule has 0 aromatic heterocycles. The molecule has 0 aliphatic carbocycles. The largest absolute Gasteiger partial charge is 0.326 e. The van der Waals surface area contributed by atoms with E-state index in [0.717, 1.165) is 27.4 Å². The van der Waals surface area contributed by atoms with Crippen molar-refractivity contribution in [3.05, 3.63) is 87.8 Å². The predicted molar refractivity (Wildman–Crippen MR) is 96.4 cm³/mol. The van der Waals surface area contributed by atoms with Gasteiger partial charge in [-0.15, -0.1) is 0 Å². The minimum absolute atomic E-state index is 0.210. The van der Waals surface area contributed by atoms with E-state index in [0.29, 0.717) is 18.7 Å².